The van der Waals surface area contributed by atoms with Crippen LogP contribution in [0.1, 0.15) is 0 Å². The summed E-state index contributed by atoms with van der Waals surface area (Å²) >= 11 is 0. The Morgan fingerprint density at radius 2 is 1.71 bits per heavy atom. The van der Waals surface area contributed by atoms with E-state index in [1.165, 1.54) is 24.3 Å². The molecule has 0 radical (unpaired) electrons. The van der Waals surface area contributed by atoms with Gasteiger partial charge in [-0.2, -0.15) is 0 Å². The summed E-state index contributed by atoms with van der Waals surface area (Å²) < 4.78 is 5.66. The predicted molar refractivity (Wildman–Crippen MR) is 79.0 cm³/mol. The van der Waals surface area contributed by atoms with Crippen molar-refractivity contribution in [3.8, 4) is 11.3 Å². The number of nitro groups is 1. The Bertz CT molecular complexity index is 898. The van der Waals surface area contributed by atoms with Crippen LogP contribution < -0.4 is 11.2 Å². The zero-order valence-electron chi connectivity index (χ0n) is 10.8. The van der Waals surface area contributed by atoms with E-state index in [1.54, 1.807) is 24.3 Å². The van der Waals surface area contributed by atoms with Crippen LogP contribution in [0, 0.1) is 10.1 Å². The molecule has 6 heteroatoms. The summed E-state index contributed by atoms with van der Waals surface area (Å²) in [6.45, 7) is 0. The van der Waals surface area contributed by atoms with Crippen LogP contribution in [-0.2, 0) is 0 Å². The van der Waals surface area contributed by atoms with Gasteiger partial charge in [-0.25, -0.2) is 0 Å². The molecular weight excluding hydrogens is 272 g/mol. The number of para-hydroxylation sites is 1. The Kier molecular flexibility index (Phi) is 2.91. The van der Waals surface area contributed by atoms with E-state index in [4.69, 9.17) is 10.2 Å². The van der Waals surface area contributed by atoms with Crippen LogP contribution in [0.4, 0.5) is 11.4 Å². The van der Waals surface area contributed by atoms with Gasteiger partial charge in [0.1, 0.15) is 11.3 Å². The summed E-state index contributed by atoms with van der Waals surface area (Å²) in [5.74, 6) is 0.216. The van der Waals surface area contributed by atoms with Gasteiger partial charge in [-0.1, -0.05) is 12.1 Å². The summed E-state index contributed by atoms with van der Waals surface area (Å²) in [7, 11) is 0. The van der Waals surface area contributed by atoms with Crippen molar-refractivity contribution in [3.63, 3.8) is 0 Å². The molecule has 2 aromatic carbocycles. The van der Waals surface area contributed by atoms with Gasteiger partial charge in [0.15, 0.2) is 5.76 Å². The van der Waals surface area contributed by atoms with E-state index in [2.05, 4.69) is 0 Å². The predicted octanol–water partition coefficient (Wildman–Crippen LogP) is 2.95. The van der Waals surface area contributed by atoms with Crippen molar-refractivity contribution in [2.45, 2.75) is 0 Å². The minimum absolute atomic E-state index is 0.0115. The molecule has 6 nitrogen and oxygen atoms in total. The van der Waals surface area contributed by atoms with Crippen LogP contribution in [-0.4, -0.2) is 4.92 Å². The fraction of sp³-hybridized carbons (Fsp3) is 0. The summed E-state index contributed by atoms with van der Waals surface area (Å²) in [6, 6.07) is 12.5. The molecule has 0 unspecified atom stereocenters. The van der Waals surface area contributed by atoms with Crippen LogP contribution in [0.25, 0.3) is 22.3 Å². The van der Waals surface area contributed by atoms with Gasteiger partial charge in [-0.3, -0.25) is 14.9 Å². The summed E-state index contributed by atoms with van der Waals surface area (Å²) in [5, 5.41) is 11.1. The molecule has 3 rings (SSSR count). The second kappa shape index (κ2) is 4.75. The normalized spacial score (nSPS) is 10.7. The molecule has 1 heterocycles. The molecule has 104 valence electrons. The van der Waals surface area contributed by atoms with Gasteiger partial charge >= 0.3 is 0 Å². The van der Waals surface area contributed by atoms with E-state index in [0.717, 1.165) is 0 Å². The molecule has 0 saturated heterocycles. The molecule has 0 bridgehead atoms. The molecule has 0 spiro atoms. The first kappa shape index (κ1) is 12.9. The average molecular weight is 282 g/mol. The molecule has 0 fully saturated rings. The average Bonchev–Trinajstić information content (AvgIpc) is 2.51. The fourth-order valence-corrected chi connectivity index (χ4v) is 2.11. The first-order valence-corrected chi connectivity index (χ1v) is 6.14. The molecule has 0 aliphatic heterocycles. The van der Waals surface area contributed by atoms with E-state index >= 15 is 0 Å². The highest BCUT2D eigenvalue weighted by atomic mass is 16.6. The largest absolute Gasteiger partial charge is 0.454 e. The zero-order valence-corrected chi connectivity index (χ0v) is 10.8. The van der Waals surface area contributed by atoms with Crippen molar-refractivity contribution in [2.75, 3.05) is 5.73 Å². The Labute approximate surface area is 118 Å². The number of nitrogen functional groups attached to an aromatic ring is 1. The van der Waals surface area contributed by atoms with Gasteiger partial charge < -0.3 is 10.2 Å². The monoisotopic (exact) mass is 282 g/mol. The lowest BCUT2D eigenvalue weighted by Gasteiger charge is -2.06. The fourth-order valence-electron chi connectivity index (χ4n) is 2.11. The number of rotatable bonds is 2. The number of nitrogens with zero attached hydrogens (tertiary/aromatic N) is 1. The maximum Gasteiger partial charge on any atom is 0.269 e. The second-order valence-electron chi connectivity index (χ2n) is 4.47. The summed E-state index contributed by atoms with van der Waals surface area (Å²) in [6.07, 6.45) is 0. The van der Waals surface area contributed by atoms with Crippen LogP contribution in [0.3, 0.4) is 0 Å². The molecule has 1 aromatic heterocycles. The van der Waals surface area contributed by atoms with Gasteiger partial charge in [-0.05, 0) is 24.3 Å². The smallest absolute Gasteiger partial charge is 0.269 e. The minimum atomic E-state index is -0.496. The number of nitro benzene ring substituents is 1. The van der Waals surface area contributed by atoms with E-state index in [1.807, 2.05) is 0 Å². The van der Waals surface area contributed by atoms with Gasteiger partial charge in [0.25, 0.3) is 5.69 Å². The third-order valence-corrected chi connectivity index (χ3v) is 3.17. The number of hydrogen-bond donors (Lipinski definition) is 1. The Balaban J connectivity index is 2.22. The van der Waals surface area contributed by atoms with E-state index in [9.17, 15) is 14.9 Å². The SMILES string of the molecule is Nc1c(-c2ccc([N+](=O)[O-])cc2)oc2ccccc2c1=O. The zero-order chi connectivity index (χ0) is 15.0. The molecule has 0 saturated carbocycles. The van der Waals surface area contributed by atoms with Crippen LogP contribution in [0.5, 0.6) is 0 Å². The molecule has 0 amide bonds. The molecule has 2 N–H and O–H groups in total. The van der Waals surface area contributed by atoms with Gasteiger partial charge in [0, 0.05) is 17.7 Å². The quantitative estimate of drug-likeness (QED) is 0.575. The van der Waals surface area contributed by atoms with E-state index in [-0.39, 0.29) is 22.6 Å². The second-order valence-corrected chi connectivity index (χ2v) is 4.47. The minimum Gasteiger partial charge on any atom is -0.454 e. The lowest BCUT2D eigenvalue weighted by atomic mass is 10.1. The van der Waals surface area contributed by atoms with Gasteiger partial charge in [0.05, 0.1) is 10.3 Å². The van der Waals surface area contributed by atoms with Crippen LogP contribution in [0.15, 0.2) is 57.7 Å². The van der Waals surface area contributed by atoms with Crippen LogP contribution >= 0.6 is 0 Å². The number of anilines is 1. The summed E-state index contributed by atoms with van der Waals surface area (Å²) in [5.41, 5.74) is 6.41. The van der Waals surface area contributed by atoms with Crippen molar-refractivity contribution < 1.29 is 9.34 Å². The van der Waals surface area contributed by atoms with E-state index < -0.39 is 4.92 Å². The van der Waals surface area contributed by atoms with Crippen molar-refractivity contribution in [1.29, 1.82) is 0 Å². The number of nitrogens with two attached hydrogens (primary N) is 1. The number of non-ortho nitro benzene ring substituents is 1. The Morgan fingerprint density at radius 1 is 1.05 bits per heavy atom. The third kappa shape index (κ3) is 2.12. The highest BCUT2D eigenvalue weighted by Gasteiger charge is 2.14. The molecule has 0 atom stereocenters. The lowest BCUT2D eigenvalue weighted by molar-refractivity contribution is -0.384. The third-order valence-electron chi connectivity index (χ3n) is 3.17. The van der Waals surface area contributed by atoms with Gasteiger partial charge in [0.2, 0.25) is 5.43 Å². The van der Waals surface area contributed by atoms with Crippen molar-refractivity contribution in [2.24, 2.45) is 0 Å². The van der Waals surface area contributed by atoms with Crippen LogP contribution in [0.2, 0.25) is 0 Å². The lowest BCUT2D eigenvalue weighted by Crippen LogP contribution is -2.09. The van der Waals surface area contributed by atoms with E-state index in [0.29, 0.717) is 16.5 Å². The molecule has 21 heavy (non-hydrogen) atoms. The maximum atomic E-state index is 12.2. The first-order valence-electron chi connectivity index (χ1n) is 6.14. The van der Waals surface area contributed by atoms with Crippen molar-refractivity contribution >= 4 is 22.3 Å². The molecule has 0 aliphatic carbocycles. The van der Waals surface area contributed by atoms with Crippen molar-refractivity contribution in [1.82, 2.24) is 0 Å². The number of hydrogen-bond acceptors (Lipinski definition) is 5. The highest BCUT2D eigenvalue weighted by Crippen LogP contribution is 2.28. The number of benzene rings is 2. The van der Waals surface area contributed by atoms with Gasteiger partial charge in [-0.15, -0.1) is 0 Å². The molecule has 0 aliphatic rings. The standard InChI is InChI=1S/C15H10N2O4/c16-13-14(18)11-3-1-2-4-12(11)21-15(13)9-5-7-10(8-6-9)17(19)20/h1-8H,16H2. The van der Waals surface area contributed by atoms with Crippen molar-refractivity contribution in [3.05, 3.63) is 68.9 Å². The molecular formula is C15H10N2O4. The number of fused-ring (bicyclic) bond motifs is 1. The Hall–Kier alpha value is -3.15. The maximum absolute atomic E-state index is 12.2. The topological polar surface area (TPSA) is 99.4 Å². The Morgan fingerprint density at radius 3 is 2.38 bits per heavy atom. The molecule has 3 aromatic rings. The summed E-state index contributed by atoms with van der Waals surface area (Å²) in [4.78, 5) is 22.4. The first-order chi connectivity index (χ1) is 10.1. The highest BCUT2D eigenvalue weighted by molar-refractivity contribution is 5.85.